The quantitative estimate of drug-likeness (QED) is 0.597. The van der Waals surface area contributed by atoms with Crippen LogP contribution in [0.15, 0.2) is 53.4 Å². The van der Waals surface area contributed by atoms with E-state index < -0.39 is 0 Å². The maximum absolute atomic E-state index is 13.2. The minimum absolute atomic E-state index is 0.0580. The summed E-state index contributed by atoms with van der Waals surface area (Å²) in [4.78, 5) is 16.3. The van der Waals surface area contributed by atoms with Gasteiger partial charge in [-0.2, -0.15) is 0 Å². The van der Waals surface area contributed by atoms with Crippen molar-refractivity contribution in [3.05, 3.63) is 59.4 Å². The Balaban J connectivity index is 1.33. The molecule has 1 saturated heterocycles. The predicted octanol–water partition coefficient (Wildman–Crippen LogP) is 0.993. The Labute approximate surface area is 168 Å². The lowest BCUT2D eigenvalue weighted by atomic mass is 10.3. The molecule has 4 nitrogen and oxygen atoms in total. The Morgan fingerprint density at radius 1 is 1.07 bits per heavy atom. The van der Waals surface area contributed by atoms with E-state index in [1.54, 1.807) is 17.0 Å². The number of anilines is 1. The van der Waals surface area contributed by atoms with Crippen molar-refractivity contribution in [2.24, 2.45) is 0 Å². The van der Waals surface area contributed by atoms with Gasteiger partial charge in [0, 0.05) is 21.4 Å². The molecular weight excluding hydrogens is 385 g/mol. The number of amides is 1. The molecule has 0 saturated carbocycles. The second-order valence-electron chi connectivity index (χ2n) is 6.79. The van der Waals surface area contributed by atoms with Gasteiger partial charge in [-0.25, -0.2) is 4.39 Å². The summed E-state index contributed by atoms with van der Waals surface area (Å²) < 4.78 is 13.2. The van der Waals surface area contributed by atoms with Gasteiger partial charge in [0.1, 0.15) is 32.0 Å². The molecule has 2 aromatic carbocycles. The molecule has 3 N–H and O–H groups in total. The first-order chi connectivity index (χ1) is 13.1. The van der Waals surface area contributed by atoms with E-state index in [0.717, 1.165) is 43.5 Å². The third-order valence-corrected chi connectivity index (χ3v) is 5.99. The maximum Gasteiger partial charge on any atom is 0.279 e. The first-order valence-electron chi connectivity index (χ1n) is 9.19. The van der Waals surface area contributed by atoms with Gasteiger partial charge in [-0.1, -0.05) is 17.7 Å². The minimum Gasteiger partial charge on any atom is -0.325 e. The molecule has 1 heterocycles. The molecule has 1 amide bonds. The van der Waals surface area contributed by atoms with E-state index in [4.69, 9.17) is 11.6 Å². The van der Waals surface area contributed by atoms with Crippen molar-refractivity contribution in [3.8, 4) is 0 Å². The van der Waals surface area contributed by atoms with Crippen LogP contribution in [0.25, 0.3) is 0 Å². The van der Waals surface area contributed by atoms with E-state index in [-0.39, 0.29) is 11.7 Å². The SMILES string of the molecule is O=C(C[NH+]1CC[NH+](CCSc2ccc(Cl)cc2)CC1)Nc1cccc(F)c1. The summed E-state index contributed by atoms with van der Waals surface area (Å²) in [6, 6.07) is 14.0. The summed E-state index contributed by atoms with van der Waals surface area (Å²) in [6.45, 7) is 5.67. The zero-order valence-corrected chi connectivity index (χ0v) is 16.7. The number of quaternary nitrogens is 2. The van der Waals surface area contributed by atoms with E-state index in [0.29, 0.717) is 12.2 Å². The first kappa shape index (κ1) is 20.1. The van der Waals surface area contributed by atoms with Gasteiger partial charge in [0.15, 0.2) is 6.54 Å². The number of piperazine rings is 1. The van der Waals surface area contributed by atoms with Crippen LogP contribution in [0.2, 0.25) is 5.02 Å². The molecule has 0 unspecified atom stereocenters. The highest BCUT2D eigenvalue weighted by Crippen LogP contribution is 2.19. The average molecular weight is 410 g/mol. The summed E-state index contributed by atoms with van der Waals surface area (Å²) in [7, 11) is 0. The van der Waals surface area contributed by atoms with Crippen LogP contribution in [0.1, 0.15) is 0 Å². The largest absolute Gasteiger partial charge is 0.325 e. The zero-order valence-electron chi connectivity index (χ0n) is 15.1. The van der Waals surface area contributed by atoms with Crippen LogP contribution in [0.3, 0.4) is 0 Å². The lowest BCUT2D eigenvalue weighted by molar-refractivity contribution is -1.01. The lowest BCUT2D eigenvalue weighted by Gasteiger charge is -2.29. The fourth-order valence-electron chi connectivity index (χ4n) is 3.23. The molecule has 1 aliphatic rings. The van der Waals surface area contributed by atoms with E-state index in [1.807, 2.05) is 23.9 Å². The van der Waals surface area contributed by atoms with Gasteiger partial charge >= 0.3 is 0 Å². The third-order valence-electron chi connectivity index (χ3n) is 4.72. The molecule has 144 valence electrons. The van der Waals surface area contributed by atoms with Gasteiger partial charge < -0.3 is 15.1 Å². The van der Waals surface area contributed by atoms with Crippen LogP contribution >= 0.6 is 23.4 Å². The summed E-state index contributed by atoms with van der Waals surface area (Å²) in [5.41, 5.74) is 0.517. The standard InChI is InChI=1S/C20H23ClFN3OS/c21-16-4-6-19(7-5-16)27-13-12-24-8-10-25(11-9-24)15-20(26)23-18-3-1-2-17(22)14-18/h1-7,14H,8-13,15H2,(H,23,26)/p+2. The normalized spacial score (nSPS) is 19.6. The number of rotatable bonds is 7. The molecule has 3 rings (SSSR count). The summed E-state index contributed by atoms with van der Waals surface area (Å²) in [6.07, 6.45) is 0. The number of benzene rings is 2. The van der Waals surface area contributed by atoms with Gasteiger partial charge in [0.25, 0.3) is 5.91 Å². The summed E-state index contributed by atoms with van der Waals surface area (Å²) in [5, 5.41) is 3.55. The lowest BCUT2D eigenvalue weighted by Crippen LogP contribution is -3.28. The smallest absolute Gasteiger partial charge is 0.279 e. The van der Waals surface area contributed by atoms with Crippen LogP contribution in [0.5, 0.6) is 0 Å². The van der Waals surface area contributed by atoms with Crippen molar-refractivity contribution in [3.63, 3.8) is 0 Å². The van der Waals surface area contributed by atoms with E-state index >= 15 is 0 Å². The summed E-state index contributed by atoms with van der Waals surface area (Å²) in [5.74, 6) is 0.679. The third kappa shape index (κ3) is 6.81. The monoisotopic (exact) mass is 409 g/mol. The van der Waals surface area contributed by atoms with Crippen LogP contribution in [-0.4, -0.2) is 50.9 Å². The Morgan fingerprint density at radius 3 is 2.48 bits per heavy atom. The van der Waals surface area contributed by atoms with Crippen molar-refractivity contribution in [2.45, 2.75) is 4.90 Å². The fraction of sp³-hybridized carbons (Fsp3) is 0.350. The highest BCUT2D eigenvalue weighted by molar-refractivity contribution is 7.99. The molecular formula is C20H25ClFN3OS+2. The number of carbonyl (C=O) groups is 1. The van der Waals surface area contributed by atoms with Gasteiger partial charge in [-0.05, 0) is 42.5 Å². The Hall–Kier alpha value is -1.60. The zero-order chi connectivity index (χ0) is 19.1. The molecule has 7 heteroatoms. The van der Waals surface area contributed by atoms with Crippen LogP contribution in [0, 0.1) is 5.82 Å². The van der Waals surface area contributed by atoms with Crippen molar-refractivity contribution in [1.82, 2.24) is 0 Å². The molecule has 0 atom stereocenters. The van der Waals surface area contributed by atoms with Crippen LogP contribution < -0.4 is 15.1 Å². The highest BCUT2D eigenvalue weighted by atomic mass is 35.5. The Bertz CT molecular complexity index is 751. The van der Waals surface area contributed by atoms with E-state index in [1.165, 1.54) is 21.9 Å². The molecule has 1 aliphatic heterocycles. The molecule has 0 bridgehead atoms. The molecule has 2 aromatic rings. The van der Waals surface area contributed by atoms with Crippen molar-refractivity contribution >= 4 is 35.0 Å². The van der Waals surface area contributed by atoms with Crippen LogP contribution in [-0.2, 0) is 4.79 Å². The summed E-state index contributed by atoms with van der Waals surface area (Å²) >= 11 is 7.76. The minimum atomic E-state index is -0.339. The van der Waals surface area contributed by atoms with E-state index in [2.05, 4.69) is 17.4 Å². The van der Waals surface area contributed by atoms with Crippen LogP contribution in [0.4, 0.5) is 10.1 Å². The second-order valence-corrected chi connectivity index (χ2v) is 8.39. The number of halogens is 2. The maximum atomic E-state index is 13.2. The fourth-order valence-corrected chi connectivity index (χ4v) is 4.31. The first-order valence-corrected chi connectivity index (χ1v) is 10.6. The van der Waals surface area contributed by atoms with Gasteiger partial charge in [-0.15, -0.1) is 11.8 Å². The van der Waals surface area contributed by atoms with Gasteiger partial charge in [-0.3, -0.25) is 4.79 Å². The molecule has 1 fully saturated rings. The second kappa shape index (κ2) is 10.1. The number of hydrogen-bond acceptors (Lipinski definition) is 2. The Kier molecular flexibility index (Phi) is 7.52. The molecule has 0 aromatic heterocycles. The molecule has 0 radical (unpaired) electrons. The Morgan fingerprint density at radius 2 is 1.78 bits per heavy atom. The van der Waals surface area contributed by atoms with E-state index in [9.17, 15) is 9.18 Å². The van der Waals surface area contributed by atoms with Gasteiger partial charge in [0.2, 0.25) is 0 Å². The molecule has 0 spiro atoms. The number of nitrogens with one attached hydrogen (secondary N) is 3. The van der Waals surface area contributed by atoms with Crippen molar-refractivity contribution < 1.29 is 19.0 Å². The number of thioether (sulfide) groups is 1. The average Bonchev–Trinajstić information content (AvgIpc) is 2.65. The van der Waals surface area contributed by atoms with Gasteiger partial charge in [0.05, 0.1) is 6.54 Å². The van der Waals surface area contributed by atoms with Crippen molar-refractivity contribution in [2.75, 3.05) is 50.3 Å². The number of hydrogen-bond donors (Lipinski definition) is 3. The molecule has 0 aliphatic carbocycles. The molecule has 27 heavy (non-hydrogen) atoms. The topological polar surface area (TPSA) is 38.0 Å². The highest BCUT2D eigenvalue weighted by Gasteiger charge is 2.24. The van der Waals surface area contributed by atoms with Crippen molar-refractivity contribution in [1.29, 1.82) is 0 Å². The predicted molar refractivity (Wildman–Crippen MR) is 108 cm³/mol. The number of carbonyl (C=O) groups excluding carboxylic acids is 1.